The Labute approximate surface area is 112 Å². The van der Waals surface area contributed by atoms with Crippen LogP contribution >= 0.6 is 0 Å². The zero-order valence-corrected chi connectivity index (χ0v) is 12.4. The van der Waals surface area contributed by atoms with Crippen LogP contribution in [0.1, 0.15) is 58.3 Å². The molecule has 0 rings (SSSR count). The summed E-state index contributed by atoms with van der Waals surface area (Å²) in [4.78, 5) is 11.5. The number of quaternary nitrogens is 1. The van der Waals surface area contributed by atoms with Crippen LogP contribution < -0.4 is 5.32 Å². The second kappa shape index (κ2) is 10.3. The van der Waals surface area contributed by atoms with E-state index in [1.165, 1.54) is 25.7 Å². The summed E-state index contributed by atoms with van der Waals surface area (Å²) in [7, 11) is 3.47. The lowest BCUT2D eigenvalue weighted by atomic mass is 10.1. The highest BCUT2D eigenvalue weighted by Gasteiger charge is 2.09. The van der Waals surface area contributed by atoms with Crippen LogP contribution in [0.25, 0.3) is 0 Å². The molecule has 0 aromatic heterocycles. The fourth-order valence-electron chi connectivity index (χ4n) is 1.85. The molecule has 0 aromatic carbocycles. The molecule has 4 heteroatoms. The zero-order chi connectivity index (χ0) is 13.9. The summed E-state index contributed by atoms with van der Waals surface area (Å²) in [6.45, 7) is 3.54. The molecule has 0 aliphatic rings. The molecule has 4 nitrogen and oxygen atoms in total. The molecule has 2 N–H and O–H groups in total. The molecule has 0 unspecified atom stereocenters. The second-order valence-corrected chi connectivity index (χ2v) is 5.57. The van der Waals surface area contributed by atoms with Crippen molar-refractivity contribution in [2.45, 2.75) is 58.3 Å². The summed E-state index contributed by atoms with van der Waals surface area (Å²) in [5.74, 6) is 0.147. The van der Waals surface area contributed by atoms with Gasteiger partial charge in [0.15, 0.2) is 0 Å². The van der Waals surface area contributed by atoms with E-state index in [9.17, 15) is 10.0 Å². The third kappa shape index (κ3) is 13.5. The van der Waals surface area contributed by atoms with Gasteiger partial charge in [0.1, 0.15) is 6.54 Å². The van der Waals surface area contributed by atoms with Gasteiger partial charge in [-0.15, -0.1) is 0 Å². The SMILES string of the molecule is CCCCCCCCC(=O)NCCC[N+](C)(C)O. The van der Waals surface area contributed by atoms with E-state index < -0.39 is 0 Å². The van der Waals surface area contributed by atoms with Crippen LogP contribution in [-0.2, 0) is 4.79 Å². The van der Waals surface area contributed by atoms with Gasteiger partial charge in [0, 0.05) is 19.4 Å². The second-order valence-electron chi connectivity index (χ2n) is 5.57. The molecule has 0 radical (unpaired) electrons. The summed E-state index contributed by atoms with van der Waals surface area (Å²) in [5, 5.41) is 12.3. The molecule has 0 saturated heterocycles. The van der Waals surface area contributed by atoms with Crippen molar-refractivity contribution in [2.24, 2.45) is 0 Å². The predicted molar refractivity (Wildman–Crippen MR) is 74.4 cm³/mol. The van der Waals surface area contributed by atoms with E-state index in [1.54, 1.807) is 14.1 Å². The first-order valence-corrected chi connectivity index (χ1v) is 7.28. The fourth-order valence-corrected chi connectivity index (χ4v) is 1.85. The number of unbranched alkanes of at least 4 members (excludes halogenated alkanes) is 5. The van der Waals surface area contributed by atoms with E-state index in [-0.39, 0.29) is 10.6 Å². The summed E-state index contributed by atoms with van der Waals surface area (Å²) < 4.78 is -0.0344. The Bertz CT molecular complexity index is 212. The van der Waals surface area contributed by atoms with Crippen molar-refractivity contribution < 1.29 is 14.6 Å². The van der Waals surface area contributed by atoms with Gasteiger partial charge in [-0.2, -0.15) is 4.65 Å². The van der Waals surface area contributed by atoms with Gasteiger partial charge in [-0.1, -0.05) is 39.0 Å². The first kappa shape index (κ1) is 17.4. The van der Waals surface area contributed by atoms with Crippen molar-refractivity contribution >= 4 is 5.91 Å². The van der Waals surface area contributed by atoms with Crippen molar-refractivity contribution in [1.82, 2.24) is 5.32 Å². The number of nitrogens with one attached hydrogen (secondary N) is 1. The van der Waals surface area contributed by atoms with Gasteiger partial charge in [0.2, 0.25) is 5.91 Å². The lowest BCUT2D eigenvalue weighted by Crippen LogP contribution is -2.38. The van der Waals surface area contributed by atoms with Crippen LogP contribution in [0.5, 0.6) is 0 Å². The number of nitrogens with zero attached hydrogens (tertiary/aromatic N) is 1. The number of carbonyl (C=O) groups excluding carboxylic acids is 1. The van der Waals surface area contributed by atoms with Gasteiger partial charge in [0.05, 0.1) is 14.1 Å². The molecule has 0 fully saturated rings. The van der Waals surface area contributed by atoms with Gasteiger partial charge in [-0.3, -0.25) is 4.79 Å². The molecule has 0 saturated carbocycles. The quantitative estimate of drug-likeness (QED) is 0.340. The van der Waals surface area contributed by atoms with Crippen LogP contribution in [0.3, 0.4) is 0 Å². The number of hydrogen-bond donors (Lipinski definition) is 2. The highest BCUT2D eigenvalue weighted by Crippen LogP contribution is 2.06. The molecule has 0 aliphatic heterocycles. The minimum atomic E-state index is -0.0344. The van der Waals surface area contributed by atoms with Crippen LogP contribution in [0.15, 0.2) is 0 Å². The molecule has 0 atom stereocenters. The van der Waals surface area contributed by atoms with Crippen molar-refractivity contribution in [3.63, 3.8) is 0 Å². The predicted octanol–water partition coefficient (Wildman–Crippen LogP) is 2.71. The number of carbonyl (C=O) groups is 1. The van der Waals surface area contributed by atoms with Crippen LogP contribution in [0.4, 0.5) is 0 Å². The van der Waals surface area contributed by atoms with Crippen LogP contribution in [0.2, 0.25) is 0 Å². The number of hydroxylamine groups is 3. The van der Waals surface area contributed by atoms with Crippen LogP contribution in [-0.4, -0.2) is 42.9 Å². The van der Waals surface area contributed by atoms with E-state index in [2.05, 4.69) is 12.2 Å². The van der Waals surface area contributed by atoms with Crippen molar-refractivity contribution in [3.8, 4) is 0 Å². The van der Waals surface area contributed by atoms with Gasteiger partial charge >= 0.3 is 0 Å². The minimum absolute atomic E-state index is 0.0344. The summed E-state index contributed by atoms with van der Waals surface area (Å²) in [6.07, 6.45) is 8.72. The molecule has 0 spiro atoms. The van der Waals surface area contributed by atoms with E-state index in [1.807, 2.05) is 0 Å². The fraction of sp³-hybridized carbons (Fsp3) is 0.929. The summed E-state index contributed by atoms with van der Waals surface area (Å²) in [5.41, 5.74) is 0. The summed E-state index contributed by atoms with van der Waals surface area (Å²) in [6, 6.07) is 0. The number of hydrogen-bond acceptors (Lipinski definition) is 2. The average Bonchev–Trinajstić information content (AvgIpc) is 2.28. The first-order valence-electron chi connectivity index (χ1n) is 7.28. The van der Waals surface area contributed by atoms with Gasteiger partial charge in [-0.25, -0.2) is 5.21 Å². The number of amides is 1. The minimum Gasteiger partial charge on any atom is -0.356 e. The van der Waals surface area contributed by atoms with Crippen LogP contribution in [0, 0.1) is 0 Å². The number of rotatable bonds is 11. The Balaban J connectivity index is 3.28. The Morgan fingerprint density at radius 1 is 1.06 bits per heavy atom. The van der Waals surface area contributed by atoms with Gasteiger partial charge in [-0.05, 0) is 6.42 Å². The topological polar surface area (TPSA) is 49.3 Å². The maximum Gasteiger partial charge on any atom is 0.219 e. The standard InChI is InChI=1S/C14H30N2O2/c1-4-5-6-7-8-9-11-14(17)15-12-10-13-16(2,3)18/h18H,4-13H2,1-3H3/p+1. The molecule has 0 heterocycles. The molecular formula is C14H31N2O2+. The highest BCUT2D eigenvalue weighted by atomic mass is 16.5. The Morgan fingerprint density at radius 3 is 2.28 bits per heavy atom. The smallest absolute Gasteiger partial charge is 0.219 e. The zero-order valence-electron chi connectivity index (χ0n) is 12.4. The van der Waals surface area contributed by atoms with Crippen molar-refractivity contribution in [3.05, 3.63) is 0 Å². The Morgan fingerprint density at radius 2 is 1.67 bits per heavy atom. The highest BCUT2D eigenvalue weighted by molar-refractivity contribution is 5.75. The lowest BCUT2D eigenvalue weighted by molar-refractivity contribution is -1.07. The molecule has 1 amide bonds. The van der Waals surface area contributed by atoms with Gasteiger partial charge in [0.25, 0.3) is 0 Å². The molecule has 0 aliphatic carbocycles. The maximum atomic E-state index is 11.5. The lowest BCUT2D eigenvalue weighted by Gasteiger charge is -2.19. The molecule has 0 bridgehead atoms. The first-order chi connectivity index (χ1) is 8.45. The molecular weight excluding hydrogens is 228 g/mol. The average molecular weight is 259 g/mol. The molecule has 108 valence electrons. The van der Waals surface area contributed by atoms with E-state index in [0.29, 0.717) is 19.5 Å². The molecule has 18 heavy (non-hydrogen) atoms. The van der Waals surface area contributed by atoms with Crippen molar-refractivity contribution in [1.29, 1.82) is 0 Å². The van der Waals surface area contributed by atoms with Gasteiger partial charge < -0.3 is 5.32 Å². The monoisotopic (exact) mass is 259 g/mol. The molecule has 0 aromatic rings. The third-order valence-electron chi connectivity index (χ3n) is 2.96. The van der Waals surface area contributed by atoms with E-state index in [0.717, 1.165) is 19.3 Å². The third-order valence-corrected chi connectivity index (χ3v) is 2.96. The Kier molecular flexibility index (Phi) is 9.98. The maximum absolute atomic E-state index is 11.5. The van der Waals surface area contributed by atoms with E-state index >= 15 is 0 Å². The Hall–Kier alpha value is -0.610. The van der Waals surface area contributed by atoms with Crippen molar-refractivity contribution in [2.75, 3.05) is 27.2 Å². The normalized spacial score (nSPS) is 11.6. The largest absolute Gasteiger partial charge is 0.356 e. The summed E-state index contributed by atoms with van der Waals surface area (Å²) >= 11 is 0. The van der Waals surface area contributed by atoms with E-state index in [4.69, 9.17) is 0 Å².